The largest absolute Gasteiger partial charge is 0.329 e. The third-order valence-corrected chi connectivity index (χ3v) is 3.43. The van der Waals surface area contributed by atoms with E-state index in [1.165, 1.54) is 0 Å². The second kappa shape index (κ2) is 4.81. The van der Waals surface area contributed by atoms with Gasteiger partial charge >= 0.3 is 0 Å². The van der Waals surface area contributed by atoms with Crippen molar-refractivity contribution in [2.24, 2.45) is 7.05 Å². The molecule has 0 N–H and O–H groups in total. The number of aryl methyl sites for hydroxylation is 1. The SMILES string of the molecule is Cn1ccnc1SCc1cccc(Br)n1. The van der Waals surface area contributed by atoms with E-state index in [2.05, 4.69) is 25.9 Å². The molecule has 0 aromatic carbocycles. The summed E-state index contributed by atoms with van der Waals surface area (Å²) in [6.07, 6.45) is 3.74. The molecule has 0 radical (unpaired) electrons. The fourth-order valence-electron chi connectivity index (χ4n) is 1.16. The summed E-state index contributed by atoms with van der Waals surface area (Å²) in [7, 11) is 1.99. The maximum Gasteiger partial charge on any atom is 0.168 e. The van der Waals surface area contributed by atoms with Gasteiger partial charge in [-0.25, -0.2) is 9.97 Å². The van der Waals surface area contributed by atoms with Gasteiger partial charge in [0.2, 0.25) is 0 Å². The van der Waals surface area contributed by atoms with Crippen LogP contribution in [0.1, 0.15) is 5.69 Å². The minimum Gasteiger partial charge on any atom is -0.329 e. The second-order valence-corrected chi connectivity index (χ2v) is 4.82. The van der Waals surface area contributed by atoms with Gasteiger partial charge in [-0.15, -0.1) is 0 Å². The van der Waals surface area contributed by atoms with Crippen LogP contribution in [-0.2, 0) is 12.8 Å². The number of aromatic nitrogens is 3. The van der Waals surface area contributed by atoms with Gasteiger partial charge in [0.1, 0.15) is 4.60 Å². The van der Waals surface area contributed by atoms with E-state index in [9.17, 15) is 0 Å². The molecule has 0 amide bonds. The Balaban J connectivity index is 2.02. The Morgan fingerprint density at radius 2 is 2.33 bits per heavy atom. The smallest absolute Gasteiger partial charge is 0.168 e. The highest BCUT2D eigenvalue weighted by Crippen LogP contribution is 2.20. The van der Waals surface area contributed by atoms with Crippen molar-refractivity contribution in [3.63, 3.8) is 0 Å². The maximum absolute atomic E-state index is 4.36. The average Bonchev–Trinajstić information content (AvgIpc) is 2.61. The molecule has 0 aliphatic rings. The first-order valence-corrected chi connectivity index (χ1v) is 6.25. The van der Waals surface area contributed by atoms with Crippen molar-refractivity contribution < 1.29 is 0 Å². The van der Waals surface area contributed by atoms with Crippen molar-refractivity contribution in [1.82, 2.24) is 14.5 Å². The summed E-state index contributed by atoms with van der Waals surface area (Å²) in [4.78, 5) is 8.60. The molecule has 0 fully saturated rings. The van der Waals surface area contributed by atoms with Gasteiger partial charge in [-0.2, -0.15) is 0 Å². The highest BCUT2D eigenvalue weighted by Gasteiger charge is 2.01. The van der Waals surface area contributed by atoms with Crippen LogP contribution in [0.4, 0.5) is 0 Å². The second-order valence-electron chi connectivity index (χ2n) is 3.06. The molecule has 2 rings (SSSR count). The minimum absolute atomic E-state index is 0.838. The maximum atomic E-state index is 4.36. The fourth-order valence-corrected chi connectivity index (χ4v) is 2.38. The van der Waals surface area contributed by atoms with Crippen LogP contribution in [-0.4, -0.2) is 14.5 Å². The van der Waals surface area contributed by atoms with Crippen LogP contribution < -0.4 is 0 Å². The van der Waals surface area contributed by atoms with E-state index in [0.717, 1.165) is 21.2 Å². The lowest BCUT2D eigenvalue weighted by molar-refractivity contribution is 0.789. The first-order chi connectivity index (χ1) is 7.25. The molecule has 0 atom stereocenters. The van der Waals surface area contributed by atoms with Crippen LogP contribution in [0.5, 0.6) is 0 Å². The van der Waals surface area contributed by atoms with Gasteiger partial charge in [-0.3, -0.25) is 0 Å². The lowest BCUT2D eigenvalue weighted by Crippen LogP contribution is -1.91. The van der Waals surface area contributed by atoms with Crippen LogP contribution >= 0.6 is 27.7 Å². The molecule has 78 valence electrons. The Morgan fingerprint density at radius 3 is 3.00 bits per heavy atom. The Bertz CT molecular complexity index is 455. The van der Waals surface area contributed by atoms with Gasteiger partial charge < -0.3 is 4.57 Å². The van der Waals surface area contributed by atoms with Gasteiger partial charge in [-0.1, -0.05) is 17.8 Å². The lowest BCUT2D eigenvalue weighted by atomic mass is 10.4. The van der Waals surface area contributed by atoms with Crippen molar-refractivity contribution in [3.8, 4) is 0 Å². The molecule has 0 unspecified atom stereocenters. The van der Waals surface area contributed by atoms with E-state index >= 15 is 0 Å². The molecule has 0 aliphatic carbocycles. The summed E-state index contributed by atoms with van der Waals surface area (Å²) >= 11 is 5.04. The van der Waals surface area contributed by atoms with Crippen LogP contribution in [0, 0.1) is 0 Å². The fraction of sp³-hybridized carbons (Fsp3) is 0.200. The number of halogens is 1. The van der Waals surface area contributed by atoms with Crippen molar-refractivity contribution in [3.05, 3.63) is 40.9 Å². The van der Waals surface area contributed by atoms with Crippen LogP contribution in [0.2, 0.25) is 0 Å². The van der Waals surface area contributed by atoms with Crippen LogP contribution in [0.25, 0.3) is 0 Å². The van der Waals surface area contributed by atoms with Crippen LogP contribution in [0.3, 0.4) is 0 Å². The minimum atomic E-state index is 0.838. The number of hydrogen-bond donors (Lipinski definition) is 0. The third-order valence-electron chi connectivity index (χ3n) is 1.90. The van der Waals surface area contributed by atoms with E-state index < -0.39 is 0 Å². The molecule has 0 saturated carbocycles. The van der Waals surface area contributed by atoms with Crippen molar-refractivity contribution in [1.29, 1.82) is 0 Å². The average molecular weight is 284 g/mol. The molecular formula is C10H10BrN3S. The Morgan fingerprint density at radius 1 is 1.47 bits per heavy atom. The first kappa shape index (κ1) is 10.7. The third kappa shape index (κ3) is 2.82. The van der Waals surface area contributed by atoms with Crippen molar-refractivity contribution >= 4 is 27.7 Å². The Labute approximate surface area is 101 Å². The molecule has 3 nitrogen and oxygen atoms in total. The number of hydrogen-bond acceptors (Lipinski definition) is 3. The van der Waals surface area contributed by atoms with E-state index in [1.807, 2.05) is 36.0 Å². The van der Waals surface area contributed by atoms with Gasteiger partial charge in [0.25, 0.3) is 0 Å². The zero-order chi connectivity index (χ0) is 10.7. The normalized spacial score (nSPS) is 10.5. The monoisotopic (exact) mass is 283 g/mol. The number of imidazole rings is 1. The number of pyridine rings is 1. The van der Waals surface area contributed by atoms with E-state index in [-0.39, 0.29) is 0 Å². The lowest BCUT2D eigenvalue weighted by Gasteiger charge is -2.01. The molecule has 0 spiro atoms. The molecule has 2 heterocycles. The zero-order valence-corrected chi connectivity index (χ0v) is 10.6. The molecule has 2 aromatic heterocycles. The molecule has 2 aromatic rings. The molecular weight excluding hydrogens is 274 g/mol. The summed E-state index contributed by atoms with van der Waals surface area (Å²) in [5.41, 5.74) is 1.05. The zero-order valence-electron chi connectivity index (χ0n) is 8.22. The number of rotatable bonds is 3. The number of thioether (sulfide) groups is 1. The molecule has 5 heteroatoms. The summed E-state index contributed by atoms with van der Waals surface area (Å²) in [6, 6.07) is 5.93. The van der Waals surface area contributed by atoms with Crippen molar-refractivity contribution in [2.45, 2.75) is 10.9 Å². The summed E-state index contributed by atoms with van der Waals surface area (Å²) in [5.74, 6) is 0.838. The molecule has 0 bridgehead atoms. The van der Waals surface area contributed by atoms with Gasteiger partial charge in [0, 0.05) is 25.2 Å². The quantitative estimate of drug-likeness (QED) is 0.641. The van der Waals surface area contributed by atoms with Gasteiger partial charge in [0.05, 0.1) is 5.69 Å². The van der Waals surface area contributed by atoms with Gasteiger partial charge in [0.15, 0.2) is 5.16 Å². The number of nitrogens with zero attached hydrogens (tertiary/aromatic N) is 3. The molecule has 15 heavy (non-hydrogen) atoms. The predicted molar refractivity (Wildman–Crippen MR) is 64.7 cm³/mol. The predicted octanol–water partition coefficient (Wildman–Crippen LogP) is 2.87. The Hall–Kier alpha value is -0.810. The van der Waals surface area contributed by atoms with Crippen molar-refractivity contribution in [2.75, 3.05) is 0 Å². The first-order valence-electron chi connectivity index (χ1n) is 4.47. The summed E-state index contributed by atoms with van der Waals surface area (Å²) in [5, 5.41) is 1.01. The van der Waals surface area contributed by atoms with Crippen LogP contribution in [0.15, 0.2) is 40.4 Å². The summed E-state index contributed by atoms with van der Waals surface area (Å²) < 4.78 is 2.88. The van der Waals surface area contributed by atoms with E-state index in [1.54, 1.807) is 18.0 Å². The van der Waals surface area contributed by atoms with Gasteiger partial charge in [-0.05, 0) is 28.1 Å². The molecule has 0 aliphatic heterocycles. The summed E-state index contributed by atoms with van der Waals surface area (Å²) in [6.45, 7) is 0. The van der Waals surface area contributed by atoms with E-state index in [0.29, 0.717) is 0 Å². The van der Waals surface area contributed by atoms with E-state index in [4.69, 9.17) is 0 Å². The Kier molecular flexibility index (Phi) is 3.43. The highest BCUT2D eigenvalue weighted by atomic mass is 79.9. The molecule has 0 saturated heterocycles. The highest BCUT2D eigenvalue weighted by molar-refractivity contribution is 9.10. The standard InChI is InChI=1S/C10H10BrN3S/c1-14-6-5-12-10(14)15-7-8-3-2-4-9(11)13-8/h2-6H,7H2,1H3. The topological polar surface area (TPSA) is 30.7 Å².